The van der Waals surface area contributed by atoms with E-state index in [0.29, 0.717) is 11.3 Å². The van der Waals surface area contributed by atoms with Gasteiger partial charge in [0.2, 0.25) is 0 Å². The van der Waals surface area contributed by atoms with Crippen LogP contribution >= 0.6 is 0 Å². The maximum Gasteiger partial charge on any atom is 0.124 e. The second-order valence-electron chi connectivity index (χ2n) is 3.72. The fourth-order valence-corrected chi connectivity index (χ4v) is 1.58. The highest BCUT2D eigenvalue weighted by Crippen LogP contribution is 2.28. The Morgan fingerprint density at radius 2 is 2.00 bits per heavy atom. The summed E-state index contributed by atoms with van der Waals surface area (Å²) in [4.78, 5) is 4.06. The first-order valence-corrected chi connectivity index (χ1v) is 5.07. The van der Waals surface area contributed by atoms with Gasteiger partial charge in [0.15, 0.2) is 0 Å². The Morgan fingerprint density at radius 3 is 2.62 bits per heavy atom. The quantitative estimate of drug-likeness (QED) is 0.807. The third-order valence-corrected chi connectivity index (χ3v) is 2.45. The summed E-state index contributed by atoms with van der Waals surface area (Å²) in [6.45, 7) is 1.89. The minimum absolute atomic E-state index is 0.0955. The van der Waals surface area contributed by atoms with Crippen molar-refractivity contribution in [1.82, 2.24) is 4.98 Å². The van der Waals surface area contributed by atoms with Crippen molar-refractivity contribution in [2.75, 3.05) is 0 Å². The Labute approximate surface area is 94.0 Å². The van der Waals surface area contributed by atoms with Crippen molar-refractivity contribution in [3.8, 4) is 5.75 Å². The number of pyridine rings is 1. The van der Waals surface area contributed by atoms with Gasteiger partial charge in [0.05, 0.1) is 5.69 Å². The molecule has 0 spiro atoms. The highest BCUT2D eigenvalue weighted by atomic mass is 16.3. The number of phenolic OH excluding ortho intramolecular Hbond substituents is 1. The Balaban J connectivity index is 2.38. The standard InChI is InChI=1S/C13H13NO2/c1-9-5-6-10(12(15)8-9)13(16)11-4-2-3-7-14-11/h2-8,13,15-16H,1H3. The van der Waals surface area contributed by atoms with Crippen LogP contribution in [0.2, 0.25) is 0 Å². The number of aryl methyl sites for hydroxylation is 1. The Kier molecular flexibility index (Phi) is 2.88. The molecular formula is C13H13NO2. The molecule has 3 nitrogen and oxygen atoms in total. The molecule has 0 bridgehead atoms. The molecule has 1 aromatic carbocycles. The molecule has 0 aliphatic heterocycles. The normalized spacial score (nSPS) is 12.4. The number of benzene rings is 1. The Morgan fingerprint density at radius 1 is 1.19 bits per heavy atom. The molecule has 3 heteroatoms. The van der Waals surface area contributed by atoms with Crippen LogP contribution in [0.3, 0.4) is 0 Å². The van der Waals surface area contributed by atoms with Gasteiger partial charge in [-0.2, -0.15) is 0 Å². The Hall–Kier alpha value is -1.87. The fourth-order valence-electron chi connectivity index (χ4n) is 1.58. The van der Waals surface area contributed by atoms with E-state index in [0.717, 1.165) is 5.56 Å². The lowest BCUT2D eigenvalue weighted by Crippen LogP contribution is -2.02. The lowest BCUT2D eigenvalue weighted by Gasteiger charge is -2.12. The zero-order valence-electron chi connectivity index (χ0n) is 8.96. The first kappa shape index (κ1) is 10.6. The number of aliphatic hydroxyl groups is 1. The van der Waals surface area contributed by atoms with Crippen molar-refractivity contribution < 1.29 is 10.2 Å². The molecule has 1 heterocycles. The minimum atomic E-state index is -0.887. The van der Waals surface area contributed by atoms with E-state index in [4.69, 9.17) is 0 Å². The van der Waals surface area contributed by atoms with Crippen LogP contribution in [0.1, 0.15) is 22.9 Å². The van der Waals surface area contributed by atoms with Crippen LogP contribution in [0.4, 0.5) is 0 Å². The van der Waals surface area contributed by atoms with Crippen molar-refractivity contribution in [2.24, 2.45) is 0 Å². The minimum Gasteiger partial charge on any atom is -0.508 e. The van der Waals surface area contributed by atoms with Crippen LogP contribution in [0.15, 0.2) is 42.6 Å². The van der Waals surface area contributed by atoms with Crippen LogP contribution < -0.4 is 0 Å². The third kappa shape index (κ3) is 2.04. The first-order chi connectivity index (χ1) is 7.68. The van der Waals surface area contributed by atoms with Gasteiger partial charge in [-0.05, 0) is 30.7 Å². The largest absolute Gasteiger partial charge is 0.508 e. The number of aromatic hydroxyl groups is 1. The molecule has 16 heavy (non-hydrogen) atoms. The number of aliphatic hydroxyl groups excluding tert-OH is 1. The van der Waals surface area contributed by atoms with E-state index in [9.17, 15) is 10.2 Å². The smallest absolute Gasteiger partial charge is 0.124 e. The van der Waals surface area contributed by atoms with Crippen molar-refractivity contribution in [1.29, 1.82) is 0 Å². The zero-order valence-corrected chi connectivity index (χ0v) is 8.96. The van der Waals surface area contributed by atoms with E-state index in [1.165, 1.54) is 0 Å². The summed E-state index contributed by atoms with van der Waals surface area (Å²) in [5, 5.41) is 19.8. The first-order valence-electron chi connectivity index (χ1n) is 5.07. The molecule has 0 saturated carbocycles. The second-order valence-corrected chi connectivity index (χ2v) is 3.72. The Bertz CT molecular complexity index is 483. The SMILES string of the molecule is Cc1ccc(C(O)c2ccccn2)c(O)c1. The average molecular weight is 215 g/mol. The summed E-state index contributed by atoms with van der Waals surface area (Å²) in [5.41, 5.74) is 1.96. The molecule has 2 rings (SSSR count). The van der Waals surface area contributed by atoms with Crippen LogP contribution in [0.5, 0.6) is 5.75 Å². The van der Waals surface area contributed by atoms with Gasteiger partial charge < -0.3 is 10.2 Å². The van der Waals surface area contributed by atoms with E-state index in [1.54, 1.807) is 36.5 Å². The van der Waals surface area contributed by atoms with Gasteiger partial charge in [0.1, 0.15) is 11.9 Å². The molecular weight excluding hydrogens is 202 g/mol. The third-order valence-electron chi connectivity index (χ3n) is 2.45. The average Bonchev–Trinajstić information content (AvgIpc) is 2.29. The maximum absolute atomic E-state index is 10.0. The van der Waals surface area contributed by atoms with E-state index < -0.39 is 6.10 Å². The van der Waals surface area contributed by atoms with Gasteiger partial charge in [-0.3, -0.25) is 4.98 Å². The molecule has 0 radical (unpaired) electrons. The number of nitrogens with zero attached hydrogens (tertiary/aromatic N) is 1. The predicted molar refractivity (Wildman–Crippen MR) is 61.1 cm³/mol. The number of phenols is 1. The monoisotopic (exact) mass is 215 g/mol. The van der Waals surface area contributed by atoms with Crippen molar-refractivity contribution in [3.05, 3.63) is 59.4 Å². The summed E-state index contributed by atoms with van der Waals surface area (Å²) in [6, 6.07) is 10.5. The van der Waals surface area contributed by atoms with Crippen LogP contribution in [-0.2, 0) is 0 Å². The highest BCUT2D eigenvalue weighted by molar-refractivity contribution is 5.40. The topological polar surface area (TPSA) is 53.4 Å². The molecule has 0 fully saturated rings. The van der Waals surface area contributed by atoms with Gasteiger partial charge in [-0.25, -0.2) is 0 Å². The number of hydrogen-bond acceptors (Lipinski definition) is 3. The lowest BCUT2D eigenvalue weighted by atomic mass is 10.0. The fraction of sp³-hybridized carbons (Fsp3) is 0.154. The molecule has 1 unspecified atom stereocenters. The highest BCUT2D eigenvalue weighted by Gasteiger charge is 2.15. The van der Waals surface area contributed by atoms with Crippen molar-refractivity contribution >= 4 is 0 Å². The van der Waals surface area contributed by atoms with Crippen LogP contribution in [0.25, 0.3) is 0 Å². The molecule has 2 N–H and O–H groups in total. The molecule has 0 aliphatic rings. The molecule has 0 aliphatic carbocycles. The van der Waals surface area contributed by atoms with E-state index in [-0.39, 0.29) is 5.75 Å². The van der Waals surface area contributed by atoms with Gasteiger partial charge in [0, 0.05) is 11.8 Å². The van der Waals surface area contributed by atoms with Gasteiger partial charge in [-0.1, -0.05) is 18.2 Å². The van der Waals surface area contributed by atoms with E-state index in [2.05, 4.69) is 4.98 Å². The predicted octanol–water partition coefficient (Wildman–Crippen LogP) is 2.18. The molecule has 2 aromatic rings. The molecule has 82 valence electrons. The summed E-state index contributed by atoms with van der Waals surface area (Å²) in [7, 11) is 0. The number of hydrogen-bond donors (Lipinski definition) is 2. The number of aromatic nitrogens is 1. The van der Waals surface area contributed by atoms with Gasteiger partial charge in [-0.15, -0.1) is 0 Å². The summed E-state index contributed by atoms with van der Waals surface area (Å²) >= 11 is 0. The zero-order chi connectivity index (χ0) is 11.5. The maximum atomic E-state index is 10.0. The lowest BCUT2D eigenvalue weighted by molar-refractivity contribution is 0.210. The molecule has 1 aromatic heterocycles. The van der Waals surface area contributed by atoms with E-state index >= 15 is 0 Å². The van der Waals surface area contributed by atoms with Crippen LogP contribution in [0, 0.1) is 6.92 Å². The van der Waals surface area contributed by atoms with Crippen molar-refractivity contribution in [2.45, 2.75) is 13.0 Å². The summed E-state index contributed by atoms with van der Waals surface area (Å²) in [5.74, 6) is 0.0955. The van der Waals surface area contributed by atoms with Crippen LogP contribution in [-0.4, -0.2) is 15.2 Å². The summed E-state index contributed by atoms with van der Waals surface area (Å²) in [6.07, 6.45) is 0.728. The molecule has 0 saturated heterocycles. The van der Waals surface area contributed by atoms with Crippen molar-refractivity contribution in [3.63, 3.8) is 0 Å². The molecule has 0 amide bonds. The second kappa shape index (κ2) is 4.33. The van der Waals surface area contributed by atoms with E-state index in [1.807, 2.05) is 13.0 Å². The van der Waals surface area contributed by atoms with Gasteiger partial charge in [0.25, 0.3) is 0 Å². The summed E-state index contributed by atoms with van der Waals surface area (Å²) < 4.78 is 0. The number of rotatable bonds is 2. The molecule has 1 atom stereocenters. The van der Waals surface area contributed by atoms with Gasteiger partial charge >= 0.3 is 0 Å².